The van der Waals surface area contributed by atoms with Crippen LogP contribution >= 0.6 is 0 Å². The number of hydrogen-bond acceptors (Lipinski definition) is 5. The molecule has 21 heavy (non-hydrogen) atoms. The molecule has 2 N–H and O–H groups in total. The number of non-ortho nitro benzene ring substituents is 1. The second-order valence-corrected chi connectivity index (χ2v) is 5.35. The van der Waals surface area contributed by atoms with E-state index in [1.807, 2.05) is 6.92 Å². The van der Waals surface area contributed by atoms with E-state index in [9.17, 15) is 10.1 Å². The molecule has 1 aromatic carbocycles. The highest BCUT2D eigenvalue weighted by Crippen LogP contribution is 2.33. The summed E-state index contributed by atoms with van der Waals surface area (Å²) in [7, 11) is 0. The van der Waals surface area contributed by atoms with Gasteiger partial charge >= 0.3 is 0 Å². The number of nitrogens with two attached hydrogens (primary N) is 1. The SMILES string of the molecule is CCOc1cc(OCC2CCCC2CN)cc([N+](=O)[O-])c1. The maximum absolute atomic E-state index is 10.9. The zero-order valence-corrected chi connectivity index (χ0v) is 12.3. The first-order chi connectivity index (χ1) is 10.1. The van der Waals surface area contributed by atoms with Crippen molar-refractivity contribution in [3.8, 4) is 11.5 Å². The fourth-order valence-electron chi connectivity index (χ4n) is 2.84. The van der Waals surface area contributed by atoms with Gasteiger partial charge in [-0.25, -0.2) is 0 Å². The van der Waals surface area contributed by atoms with Crippen molar-refractivity contribution in [2.75, 3.05) is 19.8 Å². The second-order valence-electron chi connectivity index (χ2n) is 5.35. The molecule has 2 atom stereocenters. The van der Waals surface area contributed by atoms with Gasteiger partial charge in [-0.15, -0.1) is 0 Å². The molecule has 116 valence electrons. The molecular formula is C15H22N2O4. The molecular weight excluding hydrogens is 272 g/mol. The Balaban J connectivity index is 2.06. The summed E-state index contributed by atoms with van der Waals surface area (Å²) in [5, 5.41) is 10.9. The zero-order chi connectivity index (χ0) is 15.2. The molecule has 0 radical (unpaired) electrons. The van der Waals surface area contributed by atoms with Crippen molar-refractivity contribution in [1.82, 2.24) is 0 Å². The number of hydrogen-bond donors (Lipinski definition) is 1. The Bertz CT molecular complexity index is 493. The molecule has 0 bridgehead atoms. The van der Waals surface area contributed by atoms with Crippen LogP contribution in [-0.2, 0) is 0 Å². The Hall–Kier alpha value is -1.82. The predicted molar refractivity (Wildman–Crippen MR) is 79.6 cm³/mol. The molecule has 0 spiro atoms. The van der Waals surface area contributed by atoms with Gasteiger partial charge in [0, 0.05) is 6.07 Å². The summed E-state index contributed by atoms with van der Waals surface area (Å²) in [6, 6.07) is 4.55. The first kappa shape index (κ1) is 15.6. The van der Waals surface area contributed by atoms with E-state index in [4.69, 9.17) is 15.2 Å². The van der Waals surface area contributed by atoms with Gasteiger partial charge in [-0.05, 0) is 38.1 Å². The maximum Gasteiger partial charge on any atom is 0.276 e. The summed E-state index contributed by atoms with van der Waals surface area (Å²) >= 11 is 0. The molecule has 0 aromatic heterocycles. The number of nitrogens with zero attached hydrogens (tertiary/aromatic N) is 1. The average molecular weight is 294 g/mol. The minimum absolute atomic E-state index is 0.0160. The summed E-state index contributed by atoms with van der Waals surface area (Å²) < 4.78 is 11.1. The van der Waals surface area contributed by atoms with E-state index in [1.54, 1.807) is 6.07 Å². The molecule has 6 nitrogen and oxygen atoms in total. The Morgan fingerprint density at radius 2 is 1.90 bits per heavy atom. The lowest BCUT2D eigenvalue weighted by atomic mass is 9.97. The lowest BCUT2D eigenvalue weighted by Gasteiger charge is -2.18. The first-order valence-electron chi connectivity index (χ1n) is 7.39. The Morgan fingerprint density at radius 3 is 2.52 bits per heavy atom. The molecule has 6 heteroatoms. The predicted octanol–water partition coefficient (Wildman–Crippen LogP) is 2.75. The minimum Gasteiger partial charge on any atom is -0.493 e. The quantitative estimate of drug-likeness (QED) is 0.617. The average Bonchev–Trinajstić information content (AvgIpc) is 2.92. The van der Waals surface area contributed by atoms with Crippen molar-refractivity contribution in [3.63, 3.8) is 0 Å². The van der Waals surface area contributed by atoms with E-state index in [0.29, 0.717) is 43.1 Å². The Morgan fingerprint density at radius 1 is 1.24 bits per heavy atom. The topological polar surface area (TPSA) is 87.6 Å². The maximum atomic E-state index is 10.9. The van der Waals surface area contributed by atoms with Gasteiger partial charge in [0.1, 0.15) is 11.5 Å². The monoisotopic (exact) mass is 294 g/mol. The third-order valence-corrected chi connectivity index (χ3v) is 3.97. The van der Waals surface area contributed by atoms with Crippen LogP contribution < -0.4 is 15.2 Å². The van der Waals surface area contributed by atoms with Crippen LogP contribution in [0.1, 0.15) is 26.2 Å². The number of benzene rings is 1. The number of rotatable bonds is 7. The fourth-order valence-corrected chi connectivity index (χ4v) is 2.84. The molecule has 1 saturated carbocycles. The standard InChI is InChI=1S/C15H22N2O4/c1-2-20-14-6-13(17(18)19)7-15(8-14)21-10-12-5-3-4-11(12)9-16/h6-8,11-12H,2-5,9-10,16H2,1H3. The number of ether oxygens (including phenoxy) is 2. The summed E-state index contributed by atoms with van der Waals surface area (Å²) in [6.07, 6.45) is 3.42. The second kappa shape index (κ2) is 7.26. The zero-order valence-electron chi connectivity index (χ0n) is 12.3. The third-order valence-electron chi connectivity index (χ3n) is 3.97. The van der Waals surface area contributed by atoms with Crippen molar-refractivity contribution < 1.29 is 14.4 Å². The minimum atomic E-state index is -0.437. The van der Waals surface area contributed by atoms with E-state index in [0.717, 1.165) is 12.8 Å². The number of nitro groups is 1. The molecule has 1 fully saturated rings. The van der Waals surface area contributed by atoms with Crippen molar-refractivity contribution in [3.05, 3.63) is 28.3 Å². The van der Waals surface area contributed by atoms with Crippen LogP contribution in [0.25, 0.3) is 0 Å². The summed E-state index contributed by atoms with van der Waals surface area (Å²) in [5.74, 6) is 1.87. The molecule has 1 aliphatic carbocycles. The summed E-state index contributed by atoms with van der Waals surface area (Å²) in [4.78, 5) is 10.5. The van der Waals surface area contributed by atoms with Gasteiger partial charge in [-0.3, -0.25) is 10.1 Å². The molecule has 0 aliphatic heterocycles. The highest BCUT2D eigenvalue weighted by molar-refractivity contribution is 5.46. The van der Waals surface area contributed by atoms with Gasteiger partial charge in [0.05, 0.1) is 30.3 Å². The van der Waals surface area contributed by atoms with Crippen molar-refractivity contribution >= 4 is 5.69 Å². The fraction of sp³-hybridized carbons (Fsp3) is 0.600. The Kier molecular flexibility index (Phi) is 5.38. The van der Waals surface area contributed by atoms with Gasteiger partial charge in [0.2, 0.25) is 0 Å². The van der Waals surface area contributed by atoms with Crippen LogP contribution in [0, 0.1) is 22.0 Å². The van der Waals surface area contributed by atoms with Crippen LogP contribution in [0.15, 0.2) is 18.2 Å². The molecule has 2 unspecified atom stereocenters. The van der Waals surface area contributed by atoms with Crippen molar-refractivity contribution in [1.29, 1.82) is 0 Å². The Labute approximate surface area is 124 Å². The molecule has 0 amide bonds. The van der Waals surface area contributed by atoms with Crippen LogP contribution in [0.5, 0.6) is 11.5 Å². The first-order valence-corrected chi connectivity index (χ1v) is 7.39. The van der Waals surface area contributed by atoms with Gasteiger partial charge in [0.25, 0.3) is 5.69 Å². The third kappa shape index (κ3) is 4.07. The lowest BCUT2D eigenvalue weighted by Crippen LogP contribution is -2.23. The molecule has 1 aliphatic rings. The summed E-state index contributed by atoms with van der Waals surface area (Å²) in [5.41, 5.74) is 5.74. The van der Waals surface area contributed by atoms with Crippen LogP contribution in [0.4, 0.5) is 5.69 Å². The van der Waals surface area contributed by atoms with Crippen LogP contribution in [0.3, 0.4) is 0 Å². The summed E-state index contributed by atoms with van der Waals surface area (Å²) in [6.45, 7) is 3.52. The smallest absolute Gasteiger partial charge is 0.276 e. The molecule has 0 heterocycles. The van der Waals surface area contributed by atoms with Crippen LogP contribution in [0.2, 0.25) is 0 Å². The molecule has 2 rings (SSSR count). The van der Waals surface area contributed by atoms with Gasteiger partial charge in [0.15, 0.2) is 0 Å². The van der Waals surface area contributed by atoms with E-state index in [2.05, 4.69) is 0 Å². The van der Waals surface area contributed by atoms with E-state index in [1.165, 1.54) is 18.6 Å². The molecule has 0 saturated heterocycles. The van der Waals surface area contributed by atoms with Gasteiger partial charge < -0.3 is 15.2 Å². The van der Waals surface area contributed by atoms with Gasteiger partial charge in [-0.1, -0.05) is 6.42 Å². The van der Waals surface area contributed by atoms with E-state index >= 15 is 0 Å². The van der Waals surface area contributed by atoms with Crippen molar-refractivity contribution in [2.24, 2.45) is 17.6 Å². The lowest BCUT2D eigenvalue weighted by molar-refractivity contribution is -0.385. The number of nitro benzene ring substituents is 1. The van der Waals surface area contributed by atoms with Gasteiger partial charge in [-0.2, -0.15) is 0 Å². The van der Waals surface area contributed by atoms with Crippen LogP contribution in [-0.4, -0.2) is 24.7 Å². The highest BCUT2D eigenvalue weighted by Gasteiger charge is 2.26. The normalized spacial score (nSPS) is 21.2. The largest absolute Gasteiger partial charge is 0.493 e. The van der Waals surface area contributed by atoms with E-state index in [-0.39, 0.29) is 5.69 Å². The highest BCUT2D eigenvalue weighted by atomic mass is 16.6. The van der Waals surface area contributed by atoms with Crippen molar-refractivity contribution in [2.45, 2.75) is 26.2 Å². The van der Waals surface area contributed by atoms with E-state index < -0.39 is 4.92 Å². The molecule has 1 aromatic rings.